The average molecular weight is 205 g/mol. The molecule has 1 rings (SSSR count). The van der Waals surface area contributed by atoms with Crippen LogP contribution in [-0.4, -0.2) is 4.99 Å². The molecule has 1 aromatic rings. The second-order valence-corrected chi connectivity index (χ2v) is 3.58. The van der Waals surface area contributed by atoms with E-state index in [-0.39, 0.29) is 6.04 Å². The van der Waals surface area contributed by atoms with Crippen molar-refractivity contribution in [2.75, 3.05) is 0 Å². The number of hydrogen-bond donors (Lipinski definition) is 1. The smallest absolute Gasteiger partial charge is 0.0989 e. The van der Waals surface area contributed by atoms with Gasteiger partial charge in [0.05, 0.1) is 4.99 Å². The van der Waals surface area contributed by atoms with E-state index in [2.05, 4.69) is 24.4 Å². The standard InChI is InChI=1S/C12H15NS/c1-3-7-12(14)13-10(2)11-8-5-4-6-9-11/h3-10H,1-2H3,(H,13,14)/b7-3+/t10-/m0/s1. The first-order valence-electron chi connectivity index (χ1n) is 4.72. The molecule has 0 saturated heterocycles. The van der Waals surface area contributed by atoms with Crippen LogP contribution in [0.4, 0.5) is 0 Å². The van der Waals surface area contributed by atoms with Gasteiger partial charge in [0.1, 0.15) is 0 Å². The van der Waals surface area contributed by atoms with Gasteiger partial charge in [0, 0.05) is 6.04 Å². The summed E-state index contributed by atoms with van der Waals surface area (Å²) < 4.78 is 0. The van der Waals surface area contributed by atoms with Gasteiger partial charge in [-0.1, -0.05) is 48.6 Å². The largest absolute Gasteiger partial charge is 0.370 e. The summed E-state index contributed by atoms with van der Waals surface area (Å²) in [6, 6.07) is 10.5. The lowest BCUT2D eigenvalue weighted by atomic mass is 10.1. The fourth-order valence-corrected chi connectivity index (χ4v) is 1.55. The van der Waals surface area contributed by atoms with Crippen LogP contribution in [0.1, 0.15) is 25.5 Å². The Hall–Kier alpha value is -1.15. The zero-order valence-corrected chi connectivity index (χ0v) is 9.34. The van der Waals surface area contributed by atoms with Crippen LogP contribution in [0.5, 0.6) is 0 Å². The quantitative estimate of drug-likeness (QED) is 0.600. The van der Waals surface area contributed by atoms with Crippen LogP contribution in [-0.2, 0) is 0 Å². The summed E-state index contributed by atoms with van der Waals surface area (Å²) in [5.74, 6) is 0. The molecule has 0 aromatic heterocycles. The van der Waals surface area contributed by atoms with E-state index >= 15 is 0 Å². The van der Waals surface area contributed by atoms with Gasteiger partial charge in [-0.3, -0.25) is 0 Å². The SMILES string of the molecule is C/C=C/C(=S)N[C@@H](C)c1ccccc1. The van der Waals surface area contributed by atoms with Crippen molar-refractivity contribution in [1.29, 1.82) is 0 Å². The first-order valence-corrected chi connectivity index (χ1v) is 5.13. The Kier molecular flexibility index (Phi) is 4.33. The van der Waals surface area contributed by atoms with E-state index in [1.54, 1.807) is 0 Å². The molecule has 0 amide bonds. The lowest BCUT2D eigenvalue weighted by Crippen LogP contribution is -2.22. The monoisotopic (exact) mass is 205 g/mol. The van der Waals surface area contributed by atoms with E-state index in [4.69, 9.17) is 12.2 Å². The molecule has 0 fully saturated rings. The first kappa shape index (κ1) is 10.9. The normalized spacial score (nSPS) is 12.7. The second-order valence-electron chi connectivity index (χ2n) is 3.14. The maximum atomic E-state index is 5.13. The molecule has 0 spiro atoms. The van der Waals surface area contributed by atoms with Crippen LogP contribution in [0.2, 0.25) is 0 Å². The molecular weight excluding hydrogens is 190 g/mol. The third kappa shape index (κ3) is 3.30. The van der Waals surface area contributed by atoms with Crippen molar-refractivity contribution >= 4 is 17.2 Å². The lowest BCUT2D eigenvalue weighted by Gasteiger charge is -2.14. The van der Waals surface area contributed by atoms with Gasteiger partial charge in [0.2, 0.25) is 0 Å². The van der Waals surface area contributed by atoms with Crippen molar-refractivity contribution in [2.24, 2.45) is 0 Å². The van der Waals surface area contributed by atoms with E-state index in [9.17, 15) is 0 Å². The summed E-state index contributed by atoms with van der Waals surface area (Å²) in [5.41, 5.74) is 1.25. The zero-order valence-electron chi connectivity index (χ0n) is 8.53. The summed E-state index contributed by atoms with van der Waals surface area (Å²) in [6.45, 7) is 4.06. The number of hydrogen-bond acceptors (Lipinski definition) is 1. The fourth-order valence-electron chi connectivity index (χ4n) is 1.24. The highest BCUT2D eigenvalue weighted by Crippen LogP contribution is 2.10. The minimum Gasteiger partial charge on any atom is -0.370 e. The van der Waals surface area contributed by atoms with Crippen LogP contribution >= 0.6 is 12.2 Å². The third-order valence-corrected chi connectivity index (χ3v) is 2.23. The summed E-state index contributed by atoms with van der Waals surface area (Å²) >= 11 is 5.13. The summed E-state index contributed by atoms with van der Waals surface area (Å²) in [4.78, 5) is 0.781. The zero-order chi connectivity index (χ0) is 10.4. The molecule has 0 saturated carbocycles. The van der Waals surface area contributed by atoms with Gasteiger partial charge in [-0.2, -0.15) is 0 Å². The van der Waals surface area contributed by atoms with Crippen molar-refractivity contribution in [1.82, 2.24) is 5.32 Å². The lowest BCUT2D eigenvalue weighted by molar-refractivity contribution is 0.725. The Bertz CT molecular complexity index is 316. The Balaban J connectivity index is 2.59. The molecule has 2 heteroatoms. The van der Waals surface area contributed by atoms with Gasteiger partial charge in [-0.25, -0.2) is 0 Å². The Morgan fingerprint density at radius 3 is 2.57 bits per heavy atom. The van der Waals surface area contributed by atoms with E-state index in [1.807, 2.05) is 37.3 Å². The number of benzene rings is 1. The molecule has 1 aromatic carbocycles. The van der Waals surface area contributed by atoms with E-state index in [0.717, 1.165) is 4.99 Å². The van der Waals surface area contributed by atoms with Crippen LogP contribution in [0.25, 0.3) is 0 Å². The highest BCUT2D eigenvalue weighted by molar-refractivity contribution is 7.80. The fraction of sp³-hybridized carbons (Fsp3) is 0.250. The van der Waals surface area contributed by atoms with Gasteiger partial charge >= 0.3 is 0 Å². The molecule has 1 N–H and O–H groups in total. The van der Waals surface area contributed by atoms with Gasteiger partial charge in [-0.15, -0.1) is 0 Å². The summed E-state index contributed by atoms with van der Waals surface area (Å²) in [7, 11) is 0. The van der Waals surface area contributed by atoms with Gasteiger partial charge in [-0.05, 0) is 25.5 Å². The molecule has 0 aliphatic rings. The summed E-state index contributed by atoms with van der Waals surface area (Å²) in [5, 5.41) is 3.24. The first-order chi connectivity index (χ1) is 6.74. The van der Waals surface area contributed by atoms with E-state index in [0.29, 0.717) is 0 Å². The molecule has 1 atom stereocenters. The number of allylic oxidation sites excluding steroid dienone is 1. The molecule has 1 nitrogen and oxygen atoms in total. The minimum atomic E-state index is 0.264. The topological polar surface area (TPSA) is 12.0 Å². The molecule has 0 bridgehead atoms. The van der Waals surface area contributed by atoms with Gasteiger partial charge in [0.25, 0.3) is 0 Å². The van der Waals surface area contributed by atoms with Crippen LogP contribution in [0, 0.1) is 0 Å². The Morgan fingerprint density at radius 2 is 2.00 bits per heavy atom. The Labute approximate surface area is 90.8 Å². The number of rotatable bonds is 3. The molecule has 74 valence electrons. The van der Waals surface area contributed by atoms with Crippen molar-refractivity contribution in [2.45, 2.75) is 19.9 Å². The van der Waals surface area contributed by atoms with Gasteiger partial charge in [0.15, 0.2) is 0 Å². The molecule has 0 aliphatic heterocycles. The highest BCUT2D eigenvalue weighted by Gasteiger charge is 2.03. The maximum absolute atomic E-state index is 5.13. The molecular formula is C12H15NS. The highest BCUT2D eigenvalue weighted by atomic mass is 32.1. The van der Waals surface area contributed by atoms with E-state index < -0.39 is 0 Å². The predicted molar refractivity (Wildman–Crippen MR) is 65.4 cm³/mol. The van der Waals surface area contributed by atoms with Crippen molar-refractivity contribution in [3.8, 4) is 0 Å². The average Bonchev–Trinajstić information content (AvgIpc) is 2.19. The number of thiocarbonyl (C=S) groups is 1. The molecule has 0 heterocycles. The minimum absolute atomic E-state index is 0.264. The molecule has 0 aliphatic carbocycles. The Morgan fingerprint density at radius 1 is 1.36 bits per heavy atom. The van der Waals surface area contributed by atoms with Crippen LogP contribution in [0.15, 0.2) is 42.5 Å². The van der Waals surface area contributed by atoms with Crippen molar-refractivity contribution in [3.63, 3.8) is 0 Å². The number of nitrogens with one attached hydrogen (secondary N) is 1. The van der Waals surface area contributed by atoms with Crippen LogP contribution < -0.4 is 5.32 Å². The van der Waals surface area contributed by atoms with Crippen LogP contribution in [0.3, 0.4) is 0 Å². The van der Waals surface area contributed by atoms with Gasteiger partial charge < -0.3 is 5.32 Å². The molecule has 0 unspecified atom stereocenters. The maximum Gasteiger partial charge on any atom is 0.0989 e. The molecule has 14 heavy (non-hydrogen) atoms. The second kappa shape index (κ2) is 5.55. The van der Waals surface area contributed by atoms with E-state index in [1.165, 1.54) is 5.56 Å². The van der Waals surface area contributed by atoms with Crippen molar-refractivity contribution < 1.29 is 0 Å². The van der Waals surface area contributed by atoms with Crippen molar-refractivity contribution in [3.05, 3.63) is 48.0 Å². The predicted octanol–water partition coefficient (Wildman–Crippen LogP) is 3.24. The summed E-state index contributed by atoms with van der Waals surface area (Å²) in [6.07, 6.45) is 3.84. The third-order valence-electron chi connectivity index (χ3n) is 1.98. The molecule has 0 radical (unpaired) electrons.